The van der Waals surface area contributed by atoms with Crippen LogP contribution < -0.4 is 17.0 Å². The summed E-state index contributed by atoms with van der Waals surface area (Å²) in [7, 11) is -4.15. The number of nitrogens with zero attached hydrogens (tertiary/aromatic N) is 5. The van der Waals surface area contributed by atoms with Crippen LogP contribution in [0.2, 0.25) is 0 Å². The number of nitrogens with one attached hydrogen (secondary N) is 1. The Balaban J connectivity index is 1.49. The van der Waals surface area contributed by atoms with E-state index in [1.54, 1.807) is 0 Å². The predicted octanol–water partition coefficient (Wildman–Crippen LogP) is -0.188. The van der Waals surface area contributed by atoms with Gasteiger partial charge >= 0.3 is 20.2 Å². The van der Waals surface area contributed by atoms with Crippen molar-refractivity contribution in [2.45, 2.75) is 43.1 Å². The average Bonchev–Trinajstić information content (AvgIpc) is 3.48. The number of aromatic amines is 1. The number of fused-ring (bicyclic) bond motifs is 3. The molecule has 2 saturated heterocycles. The summed E-state index contributed by atoms with van der Waals surface area (Å²) in [6.07, 6.45) is -10.3. The Morgan fingerprint density at radius 3 is 2.71 bits per heavy atom. The van der Waals surface area contributed by atoms with Gasteiger partial charge in [-0.25, -0.2) is 33.1 Å². The number of alkyl halides is 2. The van der Waals surface area contributed by atoms with Crippen LogP contribution in [0.3, 0.4) is 0 Å². The minimum Gasteiger partial charge on any atom is -0.382 e. The molecular weight excluding hydrogens is 634 g/mol. The Morgan fingerprint density at radius 2 is 2.00 bits per heavy atom. The highest BCUT2D eigenvalue weighted by Gasteiger charge is 2.51. The van der Waals surface area contributed by atoms with Crippen LogP contribution in [-0.2, 0) is 43.9 Å². The minimum absolute atomic E-state index is 0.0241. The van der Waals surface area contributed by atoms with Crippen LogP contribution in [0.15, 0.2) is 34.5 Å². The number of hydrogen-bond donors (Lipinski definition) is 4. The van der Waals surface area contributed by atoms with E-state index in [9.17, 15) is 23.9 Å². The Bertz CT molecular complexity index is 1680. The topological polar surface area (TPSA) is 237 Å². The number of anilines is 1. The van der Waals surface area contributed by atoms with Gasteiger partial charge in [0.15, 0.2) is 23.9 Å². The molecule has 23 heteroatoms. The molecule has 5 heterocycles. The van der Waals surface area contributed by atoms with E-state index in [1.807, 2.05) is 4.98 Å². The first-order chi connectivity index (χ1) is 19.8. The molecule has 5 rings (SSSR count). The summed E-state index contributed by atoms with van der Waals surface area (Å²) in [4.78, 5) is 58.7. The molecule has 18 nitrogen and oxygen atoms in total. The first kappa shape index (κ1) is 30.9. The van der Waals surface area contributed by atoms with Crippen molar-refractivity contribution in [3.8, 4) is 0 Å². The van der Waals surface area contributed by atoms with E-state index in [-0.39, 0.29) is 17.0 Å². The van der Waals surface area contributed by atoms with Crippen LogP contribution in [-0.4, -0.2) is 89.8 Å². The van der Waals surface area contributed by atoms with Crippen molar-refractivity contribution < 1.29 is 50.7 Å². The van der Waals surface area contributed by atoms with Crippen molar-refractivity contribution in [3.63, 3.8) is 0 Å². The fourth-order valence-electron chi connectivity index (χ4n) is 4.30. The lowest BCUT2D eigenvalue weighted by Crippen LogP contribution is -2.40. The maximum atomic E-state index is 16.0. The van der Waals surface area contributed by atoms with E-state index >= 15 is 8.78 Å². The normalized spacial score (nSPS) is 35.3. The zero-order chi connectivity index (χ0) is 30.4. The molecule has 42 heavy (non-hydrogen) atoms. The number of nitrogens with two attached hydrogens (primary N) is 1. The van der Waals surface area contributed by atoms with Crippen LogP contribution in [0.1, 0.15) is 12.5 Å². The number of phosphoric acid groups is 1. The predicted molar refractivity (Wildman–Crippen MR) is 139 cm³/mol. The molecule has 9 atom stereocenters. The van der Waals surface area contributed by atoms with Crippen molar-refractivity contribution in [2.24, 2.45) is 0 Å². The van der Waals surface area contributed by atoms with E-state index < -0.39 is 82.1 Å². The van der Waals surface area contributed by atoms with Gasteiger partial charge in [-0.15, -0.1) is 0 Å². The van der Waals surface area contributed by atoms with Crippen LogP contribution in [0, 0.1) is 0 Å². The summed E-state index contributed by atoms with van der Waals surface area (Å²) in [6, 6.07) is 0.944. The summed E-state index contributed by atoms with van der Waals surface area (Å²) in [5, 5.41) is 0. The van der Waals surface area contributed by atoms with Crippen molar-refractivity contribution in [3.05, 3.63) is 45.8 Å². The van der Waals surface area contributed by atoms with E-state index in [1.165, 1.54) is 0 Å². The Morgan fingerprint density at radius 1 is 1.24 bits per heavy atom. The summed E-state index contributed by atoms with van der Waals surface area (Å²) in [6.45, 7) is -6.21. The quantitative estimate of drug-likeness (QED) is 0.266. The summed E-state index contributed by atoms with van der Waals surface area (Å²) in [5.74, 6) is -0.0685. The van der Waals surface area contributed by atoms with Crippen molar-refractivity contribution in [1.82, 2.24) is 29.1 Å². The van der Waals surface area contributed by atoms with Crippen molar-refractivity contribution in [1.29, 1.82) is 0 Å². The fourth-order valence-corrected chi connectivity index (χ4v) is 6.64. The largest absolute Gasteiger partial charge is 0.472 e. The van der Waals surface area contributed by atoms with Gasteiger partial charge in [-0.2, -0.15) is 0 Å². The van der Waals surface area contributed by atoms with Gasteiger partial charge in [0.25, 0.3) is 5.56 Å². The molecule has 5 N–H and O–H groups in total. The first-order valence-electron chi connectivity index (χ1n) is 11.8. The van der Waals surface area contributed by atoms with Gasteiger partial charge in [0, 0.05) is 19.4 Å². The molecule has 0 aliphatic carbocycles. The lowest BCUT2D eigenvalue weighted by molar-refractivity contribution is -0.0947. The highest BCUT2D eigenvalue weighted by molar-refractivity contribution is 8.07. The van der Waals surface area contributed by atoms with Gasteiger partial charge in [-0.05, 0) is 11.8 Å². The van der Waals surface area contributed by atoms with Crippen LogP contribution in [0.5, 0.6) is 0 Å². The molecule has 0 radical (unpaired) electrons. The number of H-pyrrole nitrogens is 1. The molecule has 3 aromatic heterocycles. The third kappa shape index (κ3) is 6.22. The van der Waals surface area contributed by atoms with Crippen molar-refractivity contribution >= 4 is 43.3 Å². The minimum atomic E-state index is -5.23. The SMILES string of the molecule is CO[C@@H]1COP(O)(=S)O[C@@H]2[C@H](F)[C@@H](COP(=O)(O)O[C@H]1[C@@H](F)n1cnc3c(N)ncnc31)O[C@H]2n1ccc(=O)[nH]c1=O. The lowest BCUT2D eigenvalue weighted by atomic mass is 10.1. The molecule has 2 aliphatic heterocycles. The summed E-state index contributed by atoms with van der Waals surface area (Å²) < 4.78 is 77.6. The molecule has 0 saturated carbocycles. The molecule has 0 aromatic carbocycles. The third-order valence-corrected chi connectivity index (χ3v) is 8.84. The van der Waals surface area contributed by atoms with Gasteiger partial charge < -0.3 is 29.5 Å². The maximum absolute atomic E-state index is 16.0. The van der Waals surface area contributed by atoms with Gasteiger partial charge in [-0.3, -0.25) is 32.5 Å². The van der Waals surface area contributed by atoms with Gasteiger partial charge in [0.1, 0.15) is 36.3 Å². The number of rotatable bonds is 4. The molecule has 230 valence electrons. The average molecular weight is 657 g/mol. The molecule has 2 bridgehead atoms. The molecule has 2 unspecified atom stereocenters. The zero-order valence-electron chi connectivity index (χ0n) is 21.2. The molecule has 2 fully saturated rings. The van der Waals surface area contributed by atoms with Gasteiger partial charge in [0.2, 0.25) is 6.30 Å². The molecule has 3 aromatic rings. The second-order valence-corrected chi connectivity index (χ2v) is 13.1. The highest BCUT2D eigenvalue weighted by atomic mass is 32.5. The molecule has 2 aliphatic rings. The Kier molecular flexibility index (Phi) is 8.72. The highest BCUT2D eigenvalue weighted by Crippen LogP contribution is 2.53. The maximum Gasteiger partial charge on any atom is 0.472 e. The number of hydrogen-bond acceptors (Lipinski definition) is 14. The number of phosphoric ester groups is 1. The van der Waals surface area contributed by atoms with E-state index in [0.717, 1.165) is 41.2 Å². The smallest absolute Gasteiger partial charge is 0.382 e. The number of nitrogen functional groups attached to an aromatic ring is 1. The lowest BCUT2D eigenvalue weighted by Gasteiger charge is -2.31. The fraction of sp³-hybridized carbons (Fsp3) is 0.526. The zero-order valence-corrected chi connectivity index (χ0v) is 23.8. The number of imidazole rings is 1. The standard InChI is InChI=1S/C19H23F2N7O11P2S/c1-34-9-5-36-41(33,42)39-14-11(20)8(37-18(14)27-3-2-10(29)26-19(27)30)4-35-40(31,32)38-13(9)15(21)28-7-25-12-16(22)23-6-24-17(12)28/h2-3,6-9,11,13-15,18H,4-5H2,1H3,(H,31,32)(H,33,42)(H2,22,23,24)(H,26,29,30)/t8-,9-,11-,13-,14-,15+,18-,41?/m1/s1. The van der Waals surface area contributed by atoms with E-state index in [4.69, 9.17) is 45.1 Å². The Hall–Kier alpha value is -2.55. The number of ether oxygens (including phenoxy) is 2. The van der Waals surface area contributed by atoms with Gasteiger partial charge in [0.05, 0.1) is 19.5 Å². The van der Waals surface area contributed by atoms with Gasteiger partial charge in [-0.1, -0.05) is 0 Å². The second kappa shape index (κ2) is 11.9. The molecule has 0 amide bonds. The van der Waals surface area contributed by atoms with Crippen LogP contribution in [0.25, 0.3) is 11.2 Å². The van der Waals surface area contributed by atoms with E-state index in [0.29, 0.717) is 0 Å². The number of methoxy groups -OCH3 is 1. The van der Waals surface area contributed by atoms with Crippen molar-refractivity contribution in [2.75, 3.05) is 26.1 Å². The van der Waals surface area contributed by atoms with Crippen LogP contribution in [0.4, 0.5) is 14.6 Å². The molecular formula is C19H23F2N7O11P2S. The summed E-state index contributed by atoms with van der Waals surface area (Å²) in [5.41, 5.74) is 3.90. The van der Waals surface area contributed by atoms with E-state index in [2.05, 4.69) is 15.0 Å². The van der Waals surface area contributed by atoms with Crippen LogP contribution >= 0.6 is 14.5 Å². The summed E-state index contributed by atoms with van der Waals surface area (Å²) >= 11 is 5.02. The Labute approximate surface area is 238 Å². The number of halogens is 2. The third-order valence-electron chi connectivity index (χ3n) is 6.30. The second-order valence-electron chi connectivity index (χ2n) is 8.93. The monoisotopic (exact) mass is 657 g/mol. The molecule has 0 spiro atoms. The number of aromatic nitrogens is 6. The first-order valence-corrected chi connectivity index (χ1v) is 15.9.